The van der Waals surface area contributed by atoms with Gasteiger partial charge in [0.15, 0.2) is 0 Å². The quantitative estimate of drug-likeness (QED) is 0.813. The molecule has 94 valence electrons. The Kier molecular flexibility index (Phi) is 3.97. The summed E-state index contributed by atoms with van der Waals surface area (Å²) < 4.78 is 27.9. The van der Waals surface area contributed by atoms with Gasteiger partial charge >= 0.3 is 0 Å². The molecule has 0 amide bonds. The number of sulfonamides is 1. The number of alkyl halides is 1. The first kappa shape index (κ1) is 13.5. The first-order valence-corrected chi connectivity index (χ1v) is 8.73. The molecule has 0 bridgehead atoms. The first-order valence-electron chi connectivity index (χ1n) is 5.34. The minimum atomic E-state index is -3.45. The van der Waals surface area contributed by atoms with Crippen molar-refractivity contribution in [3.05, 3.63) is 28.7 Å². The number of rotatable bonds is 4. The smallest absolute Gasteiger partial charge is 0.207 e. The van der Waals surface area contributed by atoms with Gasteiger partial charge in [-0.05, 0) is 47.3 Å². The molecule has 1 aromatic carbocycles. The molecule has 17 heavy (non-hydrogen) atoms. The van der Waals surface area contributed by atoms with Gasteiger partial charge in [0, 0.05) is 15.3 Å². The second kappa shape index (κ2) is 4.99. The van der Waals surface area contributed by atoms with E-state index in [-0.39, 0.29) is 5.54 Å². The molecule has 1 fully saturated rings. The van der Waals surface area contributed by atoms with Crippen LogP contribution in [0.2, 0.25) is 0 Å². The number of nitrogens with one attached hydrogen (secondary N) is 1. The maximum absolute atomic E-state index is 12.3. The lowest BCUT2D eigenvalue weighted by molar-refractivity contribution is 0.256. The van der Waals surface area contributed by atoms with Crippen LogP contribution in [0.3, 0.4) is 0 Å². The third-order valence-corrected chi connectivity index (χ3v) is 6.71. The lowest BCUT2D eigenvalue weighted by Gasteiger charge is -2.40. The summed E-state index contributed by atoms with van der Waals surface area (Å²) in [6.45, 7) is 0. The zero-order valence-electron chi connectivity index (χ0n) is 9.12. The summed E-state index contributed by atoms with van der Waals surface area (Å²) in [5.74, 6) is 0. The van der Waals surface area contributed by atoms with E-state index in [2.05, 4.69) is 36.6 Å². The lowest BCUT2D eigenvalue weighted by Crippen LogP contribution is -2.54. The van der Waals surface area contributed by atoms with Gasteiger partial charge in [-0.3, -0.25) is 0 Å². The van der Waals surface area contributed by atoms with E-state index in [0.29, 0.717) is 14.7 Å². The Morgan fingerprint density at radius 1 is 1.29 bits per heavy atom. The Morgan fingerprint density at radius 3 is 2.41 bits per heavy atom. The van der Waals surface area contributed by atoms with Crippen molar-refractivity contribution in [2.75, 3.05) is 5.33 Å². The largest absolute Gasteiger partial charge is 0.242 e. The fourth-order valence-electron chi connectivity index (χ4n) is 1.87. The molecule has 0 radical (unpaired) electrons. The van der Waals surface area contributed by atoms with E-state index >= 15 is 0 Å². The highest BCUT2D eigenvalue weighted by atomic mass is 79.9. The average Bonchev–Trinajstić information content (AvgIpc) is 2.24. The Labute approximate surface area is 118 Å². The number of halogens is 2. The van der Waals surface area contributed by atoms with Crippen molar-refractivity contribution in [3.63, 3.8) is 0 Å². The molecule has 6 heteroatoms. The predicted molar refractivity (Wildman–Crippen MR) is 74.8 cm³/mol. The van der Waals surface area contributed by atoms with Crippen molar-refractivity contribution in [2.45, 2.75) is 29.7 Å². The standard InChI is InChI=1S/C11H13Br2NO2S/c12-8-11(6-3-7-11)14-17(15,16)10-5-2-1-4-9(10)13/h1-2,4-5,14H,3,6-8H2. The van der Waals surface area contributed by atoms with Gasteiger partial charge < -0.3 is 0 Å². The molecule has 0 heterocycles. The number of hydrogen-bond acceptors (Lipinski definition) is 2. The second-order valence-corrected chi connectivity index (χ2v) is 7.37. The van der Waals surface area contributed by atoms with Crippen molar-refractivity contribution in [1.82, 2.24) is 4.72 Å². The number of hydrogen-bond donors (Lipinski definition) is 1. The van der Waals surface area contributed by atoms with Crippen LogP contribution in [0.25, 0.3) is 0 Å². The highest BCUT2D eigenvalue weighted by Crippen LogP contribution is 2.35. The monoisotopic (exact) mass is 381 g/mol. The van der Waals surface area contributed by atoms with Crippen LogP contribution in [-0.4, -0.2) is 19.3 Å². The van der Waals surface area contributed by atoms with Gasteiger partial charge in [-0.15, -0.1) is 0 Å². The molecule has 0 aromatic heterocycles. The van der Waals surface area contributed by atoms with Crippen LogP contribution in [0.15, 0.2) is 33.6 Å². The van der Waals surface area contributed by atoms with Crippen molar-refractivity contribution in [2.24, 2.45) is 0 Å². The molecule has 0 unspecified atom stereocenters. The van der Waals surface area contributed by atoms with Crippen LogP contribution in [-0.2, 0) is 10.0 Å². The lowest BCUT2D eigenvalue weighted by atomic mass is 9.80. The second-order valence-electron chi connectivity index (χ2n) is 4.30. The maximum atomic E-state index is 12.3. The van der Waals surface area contributed by atoms with Gasteiger partial charge in [-0.1, -0.05) is 28.1 Å². The van der Waals surface area contributed by atoms with Gasteiger partial charge in [0.05, 0.1) is 4.90 Å². The van der Waals surface area contributed by atoms with Crippen LogP contribution in [0.4, 0.5) is 0 Å². The van der Waals surface area contributed by atoms with Crippen LogP contribution in [0.5, 0.6) is 0 Å². The fourth-order valence-corrected chi connectivity index (χ4v) is 5.22. The van der Waals surface area contributed by atoms with E-state index in [9.17, 15) is 8.42 Å². The Balaban J connectivity index is 2.29. The average molecular weight is 383 g/mol. The van der Waals surface area contributed by atoms with E-state index in [1.165, 1.54) is 0 Å². The zero-order chi connectivity index (χ0) is 12.5. The van der Waals surface area contributed by atoms with E-state index in [1.807, 2.05) is 0 Å². The molecule has 1 N–H and O–H groups in total. The predicted octanol–water partition coefficient (Wildman–Crippen LogP) is 3.05. The zero-order valence-corrected chi connectivity index (χ0v) is 13.1. The van der Waals surface area contributed by atoms with Crippen LogP contribution in [0.1, 0.15) is 19.3 Å². The number of benzene rings is 1. The summed E-state index contributed by atoms with van der Waals surface area (Å²) in [5, 5.41) is 0.656. The third-order valence-electron chi connectivity index (χ3n) is 3.04. The van der Waals surface area contributed by atoms with Gasteiger partial charge in [0.1, 0.15) is 0 Å². The van der Waals surface area contributed by atoms with Gasteiger partial charge in [-0.2, -0.15) is 0 Å². The topological polar surface area (TPSA) is 46.2 Å². The molecular weight excluding hydrogens is 370 g/mol. The molecule has 0 aliphatic heterocycles. The molecule has 1 aliphatic carbocycles. The summed E-state index contributed by atoms with van der Waals surface area (Å²) in [5.41, 5.74) is -0.298. The van der Waals surface area contributed by atoms with Gasteiger partial charge in [-0.25, -0.2) is 13.1 Å². The summed E-state index contributed by atoms with van der Waals surface area (Å²) in [6, 6.07) is 6.86. The van der Waals surface area contributed by atoms with Crippen molar-refractivity contribution in [3.8, 4) is 0 Å². The molecule has 2 rings (SSSR count). The summed E-state index contributed by atoms with van der Waals surface area (Å²) in [6.07, 6.45) is 2.86. The Bertz CT molecular complexity index is 506. The van der Waals surface area contributed by atoms with Crippen molar-refractivity contribution in [1.29, 1.82) is 0 Å². The highest BCUT2D eigenvalue weighted by molar-refractivity contribution is 9.10. The van der Waals surface area contributed by atoms with Crippen LogP contribution < -0.4 is 4.72 Å². The molecule has 1 aromatic rings. The minimum Gasteiger partial charge on any atom is -0.207 e. The van der Waals surface area contributed by atoms with E-state index in [4.69, 9.17) is 0 Å². The highest BCUT2D eigenvalue weighted by Gasteiger charge is 2.40. The molecule has 1 saturated carbocycles. The third kappa shape index (κ3) is 2.75. The van der Waals surface area contributed by atoms with E-state index in [0.717, 1.165) is 19.3 Å². The normalized spacial score (nSPS) is 18.7. The van der Waals surface area contributed by atoms with Gasteiger partial charge in [0.2, 0.25) is 10.0 Å². The molecule has 1 aliphatic rings. The maximum Gasteiger partial charge on any atom is 0.242 e. The summed E-state index contributed by atoms with van der Waals surface area (Å²) >= 11 is 6.66. The Hall–Kier alpha value is 0.0900. The first-order chi connectivity index (χ1) is 7.99. The molecule has 3 nitrogen and oxygen atoms in total. The minimum absolute atomic E-state index is 0.298. The molecule has 0 atom stereocenters. The van der Waals surface area contributed by atoms with E-state index < -0.39 is 10.0 Å². The van der Waals surface area contributed by atoms with Crippen molar-refractivity contribution < 1.29 is 8.42 Å². The SMILES string of the molecule is O=S(=O)(NC1(CBr)CCC1)c1ccccc1Br. The van der Waals surface area contributed by atoms with Crippen LogP contribution >= 0.6 is 31.9 Å². The van der Waals surface area contributed by atoms with Gasteiger partial charge in [0.25, 0.3) is 0 Å². The fraction of sp³-hybridized carbons (Fsp3) is 0.455. The summed E-state index contributed by atoms with van der Waals surface area (Å²) in [7, 11) is -3.45. The molecule has 0 spiro atoms. The van der Waals surface area contributed by atoms with Crippen LogP contribution in [0, 0.1) is 0 Å². The molecule has 0 saturated heterocycles. The molecular formula is C11H13Br2NO2S. The Morgan fingerprint density at radius 2 is 1.94 bits per heavy atom. The van der Waals surface area contributed by atoms with Crippen molar-refractivity contribution >= 4 is 41.9 Å². The summed E-state index contributed by atoms with van der Waals surface area (Å²) in [4.78, 5) is 0.298. The van der Waals surface area contributed by atoms with E-state index in [1.54, 1.807) is 24.3 Å².